The van der Waals surface area contributed by atoms with Gasteiger partial charge < -0.3 is 10.6 Å². The number of aromatic nitrogens is 3. The van der Waals surface area contributed by atoms with Crippen LogP contribution in [0.1, 0.15) is 27.6 Å². The van der Waals surface area contributed by atoms with Crippen molar-refractivity contribution in [1.29, 1.82) is 0 Å². The summed E-state index contributed by atoms with van der Waals surface area (Å²) in [5, 5.41) is 6.75. The third-order valence-electron chi connectivity index (χ3n) is 2.76. The monoisotopic (exact) mass is 289 g/mol. The molecule has 2 rings (SSSR count). The third kappa shape index (κ3) is 3.18. The van der Waals surface area contributed by atoms with Gasteiger partial charge in [0.05, 0.1) is 6.54 Å². The minimum Gasteiger partial charge on any atom is -0.389 e. The van der Waals surface area contributed by atoms with Crippen molar-refractivity contribution < 1.29 is 4.79 Å². The topological polar surface area (TPSA) is 87.9 Å². The molecule has 0 atom stereocenters. The SMILES string of the molecule is Cc1nc(CN(C)C(=O)c2cccc(C(N)=S)c2)n[nH]1. The number of carbonyl (C=O) groups is 1. The Morgan fingerprint density at radius 3 is 2.75 bits per heavy atom. The molecule has 0 bridgehead atoms. The Morgan fingerprint density at radius 1 is 1.45 bits per heavy atom. The van der Waals surface area contributed by atoms with E-state index in [9.17, 15) is 4.79 Å². The predicted molar refractivity (Wildman–Crippen MR) is 79.2 cm³/mol. The van der Waals surface area contributed by atoms with E-state index in [1.165, 1.54) is 0 Å². The van der Waals surface area contributed by atoms with E-state index < -0.39 is 0 Å². The summed E-state index contributed by atoms with van der Waals surface area (Å²) < 4.78 is 0. The predicted octanol–water partition coefficient (Wildman–Crippen LogP) is 1.02. The number of hydrogen-bond donors (Lipinski definition) is 2. The van der Waals surface area contributed by atoms with E-state index in [0.717, 1.165) is 5.82 Å². The second-order valence-electron chi connectivity index (χ2n) is 4.44. The molecule has 0 spiro atoms. The molecule has 0 saturated carbocycles. The molecular formula is C13H15N5OS. The van der Waals surface area contributed by atoms with Crippen LogP contribution in [0, 0.1) is 6.92 Å². The molecule has 0 aliphatic rings. The molecule has 1 heterocycles. The van der Waals surface area contributed by atoms with Gasteiger partial charge in [-0.15, -0.1) is 0 Å². The van der Waals surface area contributed by atoms with E-state index in [4.69, 9.17) is 18.0 Å². The summed E-state index contributed by atoms with van der Waals surface area (Å²) >= 11 is 4.91. The number of benzene rings is 1. The number of rotatable bonds is 4. The van der Waals surface area contributed by atoms with Crippen LogP contribution >= 0.6 is 12.2 Å². The number of amides is 1. The molecule has 0 aliphatic carbocycles. The summed E-state index contributed by atoms with van der Waals surface area (Å²) in [7, 11) is 1.70. The van der Waals surface area contributed by atoms with Crippen molar-refractivity contribution in [3.63, 3.8) is 0 Å². The molecule has 2 aromatic rings. The van der Waals surface area contributed by atoms with Crippen molar-refractivity contribution in [2.24, 2.45) is 5.73 Å². The largest absolute Gasteiger partial charge is 0.389 e. The van der Waals surface area contributed by atoms with Crippen LogP contribution in [-0.2, 0) is 6.54 Å². The highest BCUT2D eigenvalue weighted by molar-refractivity contribution is 7.80. The average molecular weight is 289 g/mol. The third-order valence-corrected chi connectivity index (χ3v) is 3.00. The second-order valence-corrected chi connectivity index (χ2v) is 4.88. The van der Waals surface area contributed by atoms with Gasteiger partial charge in [0.2, 0.25) is 0 Å². The van der Waals surface area contributed by atoms with Gasteiger partial charge in [-0.3, -0.25) is 9.89 Å². The number of hydrogen-bond acceptors (Lipinski definition) is 4. The van der Waals surface area contributed by atoms with E-state index in [0.29, 0.717) is 23.5 Å². The van der Waals surface area contributed by atoms with Crippen LogP contribution in [-0.4, -0.2) is 38.0 Å². The van der Waals surface area contributed by atoms with Gasteiger partial charge in [-0.05, 0) is 19.1 Å². The molecule has 7 heteroatoms. The van der Waals surface area contributed by atoms with Crippen LogP contribution in [0.5, 0.6) is 0 Å². The Hall–Kier alpha value is -2.28. The van der Waals surface area contributed by atoms with E-state index in [2.05, 4.69) is 15.2 Å². The number of H-pyrrole nitrogens is 1. The summed E-state index contributed by atoms with van der Waals surface area (Å²) in [5.41, 5.74) is 6.77. The number of nitrogens with zero attached hydrogens (tertiary/aromatic N) is 3. The van der Waals surface area contributed by atoms with Gasteiger partial charge >= 0.3 is 0 Å². The van der Waals surface area contributed by atoms with Crippen molar-refractivity contribution in [1.82, 2.24) is 20.1 Å². The first-order valence-corrected chi connectivity index (χ1v) is 6.41. The lowest BCUT2D eigenvalue weighted by Crippen LogP contribution is -2.27. The van der Waals surface area contributed by atoms with Crippen LogP contribution in [0.25, 0.3) is 0 Å². The van der Waals surface area contributed by atoms with Crippen LogP contribution in [0.2, 0.25) is 0 Å². The van der Waals surface area contributed by atoms with Crippen molar-refractivity contribution in [2.45, 2.75) is 13.5 Å². The lowest BCUT2D eigenvalue weighted by molar-refractivity contribution is 0.0781. The zero-order valence-corrected chi connectivity index (χ0v) is 12.1. The standard InChI is InChI=1S/C13H15N5OS/c1-8-15-11(17-16-8)7-18(2)13(19)10-5-3-4-9(6-10)12(14)20/h3-6H,7H2,1-2H3,(H2,14,20)(H,15,16,17). The summed E-state index contributed by atoms with van der Waals surface area (Å²) in [6.45, 7) is 2.14. The summed E-state index contributed by atoms with van der Waals surface area (Å²) in [5.74, 6) is 1.16. The molecule has 1 amide bonds. The normalized spacial score (nSPS) is 10.3. The van der Waals surface area contributed by atoms with Crippen molar-refractivity contribution in [3.05, 3.63) is 47.0 Å². The number of aromatic amines is 1. The molecule has 1 aromatic carbocycles. The zero-order chi connectivity index (χ0) is 14.7. The minimum absolute atomic E-state index is 0.134. The Bertz CT molecular complexity index is 652. The molecule has 20 heavy (non-hydrogen) atoms. The lowest BCUT2D eigenvalue weighted by Gasteiger charge is -2.15. The molecule has 0 unspecified atom stereocenters. The van der Waals surface area contributed by atoms with E-state index in [1.807, 2.05) is 6.92 Å². The van der Waals surface area contributed by atoms with Gasteiger partial charge in [-0.1, -0.05) is 24.4 Å². The molecule has 0 radical (unpaired) electrons. The molecule has 6 nitrogen and oxygen atoms in total. The van der Waals surface area contributed by atoms with Crippen molar-refractivity contribution in [2.75, 3.05) is 7.05 Å². The van der Waals surface area contributed by atoms with E-state index >= 15 is 0 Å². The number of thiocarbonyl (C=S) groups is 1. The van der Waals surface area contributed by atoms with Gasteiger partial charge in [0.15, 0.2) is 5.82 Å². The van der Waals surface area contributed by atoms with Gasteiger partial charge in [-0.25, -0.2) is 4.98 Å². The van der Waals surface area contributed by atoms with Gasteiger partial charge in [0, 0.05) is 18.2 Å². The van der Waals surface area contributed by atoms with E-state index in [-0.39, 0.29) is 10.9 Å². The van der Waals surface area contributed by atoms with Gasteiger partial charge in [0.1, 0.15) is 10.8 Å². The molecule has 1 aromatic heterocycles. The molecule has 0 fully saturated rings. The summed E-state index contributed by atoms with van der Waals surface area (Å²) in [6.07, 6.45) is 0. The Labute approximate surface area is 122 Å². The Kier molecular flexibility index (Phi) is 4.09. The average Bonchev–Trinajstić information content (AvgIpc) is 2.83. The fourth-order valence-corrected chi connectivity index (χ4v) is 1.90. The van der Waals surface area contributed by atoms with Crippen LogP contribution in [0.15, 0.2) is 24.3 Å². The Balaban J connectivity index is 2.14. The molecule has 0 aliphatic heterocycles. The Morgan fingerprint density at radius 2 is 2.15 bits per heavy atom. The fourth-order valence-electron chi connectivity index (χ4n) is 1.77. The maximum Gasteiger partial charge on any atom is 0.254 e. The lowest BCUT2D eigenvalue weighted by atomic mass is 10.1. The highest BCUT2D eigenvalue weighted by Gasteiger charge is 2.14. The van der Waals surface area contributed by atoms with Gasteiger partial charge in [0.25, 0.3) is 5.91 Å². The highest BCUT2D eigenvalue weighted by Crippen LogP contribution is 2.09. The highest BCUT2D eigenvalue weighted by atomic mass is 32.1. The first-order valence-electron chi connectivity index (χ1n) is 6.00. The van der Waals surface area contributed by atoms with Crippen LogP contribution in [0.4, 0.5) is 0 Å². The second kappa shape index (κ2) is 5.79. The van der Waals surface area contributed by atoms with Crippen molar-refractivity contribution in [3.8, 4) is 0 Å². The summed E-state index contributed by atoms with van der Waals surface area (Å²) in [4.78, 5) is 18.3. The molecule has 3 N–H and O–H groups in total. The number of nitrogens with one attached hydrogen (secondary N) is 1. The summed E-state index contributed by atoms with van der Waals surface area (Å²) in [6, 6.07) is 6.94. The van der Waals surface area contributed by atoms with Gasteiger partial charge in [-0.2, -0.15) is 5.10 Å². The molecular weight excluding hydrogens is 274 g/mol. The zero-order valence-electron chi connectivity index (χ0n) is 11.3. The number of nitrogens with two attached hydrogens (primary N) is 1. The number of aryl methyl sites for hydroxylation is 1. The van der Waals surface area contributed by atoms with Crippen LogP contribution < -0.4 is 5.73 Å². The van der Waals surface area contributed by atoms with Crippen molar-refractivity contribution >= 4 is 23.1 Å². The first kappa shape index (κ1) is 14.1. The molecule has 104 valence electrons. The quantitative estimate of drug-likeness (QED) is 0.820. The fraction of sp³-hybridized carbons (Fsp3) is 0.231. The maximum absolute atomic E-state index is 12.3. The first-order chi connectivity index (χ1) is 9.47. The smallest absolute Gasteiger partial charge is 0.254 e. The van der Waals surface area contributed by atoms with Crippen LogP contribution in [0.3, 0.4) is 0 Å². The minimum atomic E-state index is -0.134. The number of carbonyl (C=O) groups excluding carboxylic acids is 1. The molecule has 0 saturated heterocycles. The van der Waals surface area contributed by atoms with E-state index in [1.54, 1.807) is 36.2 Å². The maximum atomic E-state index is 12.3.